The van der Waals surface area contributed by atoms with E-state index >= 15 is 0 Å². The summed E-state index contributed by atoms with van der Waals surface area (Å²) < 4.78 is 0. The number of piperazine rings is 1. The summed E-state index contributed by atoms with van der Waals surface area (Å²) in [5, 5.41) is 5.25. The molecule has 0 saturated carbocycles. The van der Waals surface area contributed by atoms with Crippen molar-refractivity contribution >= 4 is 28.3 Å². The first-order chi connectivity index (χ1) is 14.1. The fourth-order valence-electron chi connectivity index (χ4n) is 3.85. The van der Waals surface area contributed by atoms with E-state index in [1.165, 1.54) is 0 Å². The maximum atomic E-state index is 12.5. The number of carbonyl (C=O) groups is 2. The first-order valence-corrected chi connectivity index (χ1v) is 10.6. The average molecular weight is 397 g/mol. The van der Waals surface area contributed by atoms with Gasteiger partial charge in [0.05, 0.1) is 6.54 Å². The molecular weight excluding hydrogens is 364 g/mol. The SMILES string of the molecule is CCN(CC)C(=O)CN1CCN(CCC(=O)Nc2cccc3ccccc23)CC1. The lowest BCUT2D eigenvalue weighted by molar-refractivity contribution is -0.132. The Morgan fingerprint density at radius 1 is 0.931 bits per heavy atom. The predicted molar refractivity (Wildman–Crippen MR) is 118 cm³/mol. The van der Waals surface area contributed by atoms with Crippen LogP contribution in [-0.2, 0) is 9.59 Å². The summed E-state index contributed by atoms with van der Waals surface area (Å²) in [4.78, 5) is 31.1. The van der Waals surface area contributed by atoms with Crippen molar-refractivity contribution in [2.75, 3.05) is 57.7 Å². The number of nitrogens with one attached hydrogen (secondary N) is 1. The first-order valence-electron chi connectivity index (χ1n) is 10.6. The average Bonchev–Trinajstić information content (AvgIpc) is 2.74. The maximum absolute atomic E-state index is 12.5. The lowest BCUT2D eigenvalue weighted by Crippen LogP contribution is -2.50. The van der Waals surface area contributed by atoms with Crippen LogP contribution in [0.3, 0.4) is 0 Å². The molecule has 1 fully saturated rings. The molecular formula is C23H32N4O2. The van der Waals surface area contributed by atoms with E-state index in [-0.39, 0.29) is 11.8 Å². The van der Waals surface area contributed by atoms with Gasteiger partial charge in [-0.25, -0.2) is 0 Å². The Kier molecular flexibility index (Phi) is 7.61. The summed E-state index contributed by atoms with van der Waals surface area (Å²) in [6.07, 6.45) is 0.474. The summed E-state index contributed by atoms with van der Waals surface area (Å²) in [5.74, 6) is 0.249. The fraction of sp³-hybridized carbons (Fsp3) is 0.478. The zero-order valence-electron chi connectivity index (χ0n) is 17.6. The minimum atomic E-state index is 0.0421. The van der Waals surface area contributed by atoms with Gasteiger partial charge in [0.25, 0.3) is 0 Å². The normalized spacial score (nSPS) is 15.4. The molecule has 1 saturated heterocycles. The van der Waals surface area contributed by atoms with Crippen LogP contribution in [0.15, 0.2) is 42.5 Å². The van der Waals surface area contributed by atoms with Crippen LogP contribution in [0.4, 0.5) is 5.69 Å². The second-order valence-corrected chi connectivity index (χ2v) is 7.51. The van der Waals surface area contributed by atoms with E-state index in [4.69, 9.17) is 0 Å². The standard InChI is InChI=1S/C23H32N4O2/c1-3-27(4-2)23(29)18-26-16-14-25(15-17-26)13-12-22(28)24-21-11-7-9-19-8-5-6-10-20(19)21/h5-11H,3-4,12-18H2,1-2H3,(H,24,28). The largest absolute Gasteiger partial charge is 0.342 e. The fourth-order valence-corrected chi connectivity index (χ4v) is 3.85. The molecule has 0 spiro atoms. The third-order valence-electron chi connectivity index (χ3n) is 5.66. The molecule has 1 aliphatic rings. The van der Waals surface area contributed by atoms with Gasteiger partial charge in [-0.05, 0) is 25.3 Å². The molecule has 2 aromatic rings. The molecule has 6 nitrogen and oxygen atoms in total. The lowest BCUT2D eigenvalue weighted by Gasteiger charge is -2.35. The molecule has 1 heterocycles. The van der Waals surface area contributed by atoms with Gasteiger partial charge in [0.1, 0.15) is 0 Å². The predicted octanol–water partition coefficient (Wildman–Crippen LogP) is 2.65. The highest BCUT2D eigenvalue weighted by Gasteiger charge is 2.21. The second-order valence-electron chi connectivity index (χ2n) is 7.51. The summed E-state index contributed by atoms with van der Waals surface area (Å²) in [6.45, 7) is 10.3. The van der Waals surface area contributed by atoms with Crippen molar-refractivity contribution in [2.45, 2.75) is 20.3 Å². The molecule has 2 amide bonds. The second kappa shape index (κ2) is 10.4. The van der Waals surface area contributed by atoms with Crippen LogP contribution >= 0.6 is 0 Å². The van der Waals surface area contributed by atoms with Gasteiger partial charge in [-0.2, -0.15) is 0 Å². The molecule has 156 valence electrons. The molecule has 2 aromatic carbocycles. The quantitative estimate of drug-likeness (QED) is 0.745. The van der Waals surface area contributed by atoms with Gasteiger partial charge in [-0.1, -0.05) is 36.4 Å². The van der Waals surface area contributed by atoms with Gasteiger partial charge in [0.15, 0.2) is 0 Å². The van der Waals surface area contributed by atoms with Crippen molar-refractivity contribution in [1.82, 2.24) is 14.7 Å². The van der Waals surface area contributed by atoms with Gasteiger partial charge in [-0.15, -0.1) is 0 Å². The molecule has 0 bridgehead atoms. The molecule has 1 aliphatic heterocycles. The number of likely N-dealkylation sites (N-methyl/N-ethyl adjacent to an activating group) is 1. The number of nitrogens with zero attached hydrogens (tertiary/aromatic N) is 3. The third-order valence-corrected chi connectivity index (χ3v) is 5.66. The van der Waals surface area contributed by atoms with E-state index in [0.717, 1.165) is 62.3 Å². The number of anilines is 1. The van der Waals surface area contributed by atoms with Crippen molar-refractivity contribution in [3.63, 3.8) is 0 Å². The monoisotopic (exact) mass is 396 g/mol. The minimum absolute atomic E-state index is 0.0421. The number of hydrogen-bond acceptors (Lipinski definition) is 4. The molecule has 0 unspecified atom stereocenters. The van der Waals surface area contributed by atoms with Gasteiger partial charge < -0.3 is 15.1 Å². The van der Waals surface area contributed by atoms with E-state index in [9.17, 15) is 9.59 Å². The number of fused-ring (bicyclic) bond motifs is 1. The Balaban J connectivity index is 1.42. The van der Waals surface area contributed by atoms with Crippen molar-refractivity contribution in [3.05, 3.63) is 42.5 Å². The number of amides is 2. The van der Waals surface area contributed by atoms with Crippen LogP contribution in [0.1, 0.15) is 20.3 Å². The first kappa shape index (κ1) is 21.3. The number of rotatable bonds is 8. The Bertz CT molecular complexity index is 821. The molecule has 29 heavy (non-hydrogen) atoms. The highest BCUT2D eigenvalue weighted by molar-refractivity contribution is 6.02. The van der Waals surface area contributed by atoms with Crippen LogP contribution in [0, 0.1) is 0 Å². The summed E-state index contributed by atoms with van der Waals surface area (Å²) in [5.41, 5.74) is 0.868. The van der Waals surface area contributed by atoms with Gasteiger partial charge >= 0.3 is 0 Å². The van der Waals surface area contributed by atoms with E-state index < -0.39 is 0 Å². The van der Waals surface area contributed by atoms with Crippen LogP contribution in [0.5, 0.6) is 0 Å². The zero-order valence-corrected chi connectivity index (χ0v) is 17.6. The molecule has 1 N–H and O–H groups in total. The molecule has 0 radical (unpaired) electrons. The zero-order chi connectivity index (χ0) is 20.6. The van der Waals surface area contributed by atoms with Crippen LogP contribution in [-0.4, -0.2) is 78.9 Å². The van der Waals surface area contributed by atoms with Gasteiger partial charge in [0, 0.05) is 63.3 Å². The van der Waals surface area contributed by atoms with E-state index in [2.05, 4.69) is 27.2 Å². The van der Waals surface area contributed by atoms with E-state index in [0.29, 0.717) is 13.0 Å². The van der Waals surface area contributed by atoms with E-state index in [1.54, 1.807) is 0 Å². The van der Waals surface area contributed by atoms with Crippen molar-refractivity contribution in [1.29, 1.82) is 0 Å². The molecule has 0 atom stereocenters. The maximum Gasteiger partial charge on any atom is 0.236 e. The van der Waals surface area contributed by atoms with Crippen LogP contribution in [0.2, 0.25) is 0 Å². The lowest BCUT2D eigenvalue weighted by atomic mass is 10.1. The number of hydrogen-bond donors (Lipinski definition) is 1. The molecule has 0 aromatic heterocycles. The van der Waals surface area contributed by atoms with Crippen molar-refractivity contribution in [2.24, 2.45) is 0 Å². The molecule has 3 rings (SSSR count). The highest BCUT2D eigenvalue weighted by atomic mass is 16.2. The smallest absolute Gasteiger partial charge is 0.236 e. The Labute approximate surface area is 173 Å². The summed E-state index contributed by atoms with van der Waals surface area (Å²) in [7, 11) is 0. The Hall–Kier alpha value is -2.44. The van der Waals surface area contributed by atoms with E-state index in [1.807, 2.05) is 49.1 Å². The molecule has 6 heteroatoms. The molecule has 0 aliphatic carbocycles. The Morgan fingerprint density at radius 3 is 2.31 bits per heavy atom. The third kappa shape index (κ3) is 5.78. The van der Waals surface area contributed by atoms with Gasteiger partial charge in [0.2, 0.25) is 11.8 Å². The van der Waals surface area contributed by atoms with Crippen LogP contribution < -0.4 is 5.32 Å². The Morgan fingerprint density at radius 2 is 1.59 bits per heavy atom. The summed E-state index contributed by atoms with van der Waals surface area (Å²) >= 11 is 0. The van der Waals surface area contributed by atoms with Crippen LogP contribution in [0.25, 0.3) is 10.8 Å². The summed E-state index contributed by atoms with van der Waals surface area (Å²) in [6, 6.07) is 14.0. The highest BCUT2D eigenvalue weighted by Crippen LogP contribution is 2.23. The van der Waals surface area contributed by atoms with Crippen molar-refractivity contribution < 1.29 is 9.59 Å². The topological polar surface area (TPSA) is 55.9 Å². The van der Waals surface area contributed by atoms with Gasteiger partial charge in [-0.3, -0.25) is 14.5 Å². The minimum Gasteiger partial charge on any atom is -0.342 e. The van der Waals surface area contributed by atoms with Crippen molar-refractivity contribution in [3.8, 4) is 0 Å². The number of benzene rings is 2. The number of carbonyl (C=O) groups excluding carboxylic acids is 2.